The van der Waals surface area contributed by atoms with Crippen LogP contribution in [0.4, 0.5) is 13.2 Å². The summed E-state index contributed by atoms with van der Waals surface area (Å²) in [5.41, 5.74) is -0.971. The molecule has 4 aromatic rings. The Morgan fingerprint density at radius 2 is 1.22 bits per heavy atom. The van der Waals surface area contributed by atoms with Gasteiger partial charge in [0.2, 0.25) is 0 Å². The van der Waals surface area contributed by atoms with Crippen LogP contribution in [0.15, 0.2) is 112 Å². The Bertz CT molecular complexity index is 1360. The van der Waals surface area contributed by atoms with E-state index in [1.807, 2.05) is 48.5 Å². The second kappa shape index (κ2) is 10.8. The summed E-state index contributed by atoms with van der Waals surface area (Å²) in [4.78, 5) is 16.1. The van der Waals surface area contributed by atoms with Crippen LogP contribution in [0, 0.1) is 29.3 Å². The highest BCUT2D eigenvalue weighted by Crippen LogP contribution is 2.31. The minimum atomic E-state index is -1.56. The van der Waals surface area contributed by atoms with Crippen molar-refractivity contribution in [2.24, 2.45) is 0 Å². The van der Waals surface area contributed by atoms with Crippen LogP contribution >= 0.6 is 0 Å². The highest BCUT2D eigenvalue weighted by molar-refractivity contribution is 7.97. The van der Waals surface area contributed by atoms with Crippen LogP contribution in [0.5, 0.6) is 0 Å². The fourth-order valence-corrected chi connectivity index (χ4v) is 5.50. The van der Waals surface area contributed by atoms with E-state index in [1.54, 1.807) is 26.0 Å². The third-order valence-corrected chi connectivity index (χ3v) is 7.35. The Labute approximate surface area is 211 Å². The molecule has 4 rings (SSSR count). The monoisotopic (exact) mass is 503 g/mol. The van der Waals surface area contributed by atoms with Crippen molar-refractivity contribution in [3.05, 3.63) is 126 Å². The van der Waals surface area contributed by atoms with Gasteiger partial charge in [-0.15, -0.1) is 0 Å². The van der Waals surface area contributed by atoms with Crippen LogP contribution in [0.3, 0.4) is 0 Å². The van der Waals surface area contributed by atoms with Crippen molar-refractivity contribution in [1.29, 1.82) is 0 Å². The van der Waals surface area contributed by atoms with Gasteiger partial charge < -0.3 is 4.74 Å². The molecule has 0 saturated heterocycles. The third-order valence-electron chi connectivity index (χ3n) is 5.12. The number of carbonyl (C=O) groups is 1. The van der Waals surface area contributed by atoms with Gasteiger partial charge in [-0.1, -0.05) is 48.2 Å². The van der Waals surface area contributed by atoms with Crippen LogP contribution in [0.25, 0.3) is 0 Å². The summed E-state index contributed by atoms with van der Waals surface area (Å²) >= 11 is 0. The van der Waals surface area contributed by atoms with Crippen LogP contribution in [0.2, 0.25) is 0 Å². The molecular weight excluding hydrogens is 481 g/mol. The molecule has 2 nitrogen and oxygen atoms in total. The first kappa shape index (κ1) is 25.2. The topological polar surface area (TPSA) is 26.3 Å². The van der Waals surface area contributed by atoms with Crippen molar-refractivity contribution >= 4 is 16.9 Å². The Kier molecular flexibility index (Phi) is 7.52. The first-order valence-corrected chi connectivity index (χ1v) is 12.3. The molecule has 180 valence electrons. The smallest absolute Gasteiger partial charge is 0.339 e. The Balaban J connectivity index is 1.53. The van der Waals surface area contributed by atoms with Gasteiger partial charge in [0.05, 0.1) is 16.5 Å². The van der Waals surface area contributed by atoms with Crippen molar-refractivity contribution in [3.8, 4) is 11.8 Å². The molecule has 0 aliphatic heterocycles. The molecule has 0 bridgehead atoms. The maximum atomic E-state index is 13.4. The Hall–Kier alpha value is -3.95. The predicted molar refractivity (Wildman–Crippen MR) is 134 cm³/mol. The number of benzene rings is 4. The number of carbonyl (C=O) groups excluding carboxylic acids is 1. The van der Waals surface area contributed by atoms with Crippen molar-refractivity contribution in [3.63, 3.8) is 0 Å². The van der Waals surface area contributed by atoms with Crippen molar-refractivity contribution in [2.75, 3.05) is 0 Å². The molecule has 0 heterocycles. The van der Waals surface area contributed by atoms with E-state index in [-0.39, 0.29) is 16.5 Å². The van der Waals surface area contributed by atoms with Gasteiger partial charge in [-0.05, 0) is 74.5 Å². The van der Waals surface area contributed by atoms with E-state index in [1.165, 1.54) is 0 Å². The van der Waals surface area contributed by atoms with Gasteiger partial charge in [0.15, 0.2) is 37.7 Å². The summed E-state index contributed by atoms with van der Waals surface area (Å²) in [6.45, 7) is 3.12. The molecule has 0 radical (unpaired) electrons. The van der Waals surface area contributed by atoms with E-state index in [0.717, 1.165) is 26.8 Å². The van der Waals surface area contributed by atoms with E-state index >= 15 is 0 Å². The summed E-state index contributed by atoms with van der Waals surface area (Å²) in [6, 6.07) is 29.1. The summed E-state index contributed by atoms with van der Waals surface area (Å²) in [6.07, 6.45) is 0. The molecule has 0 aliphatic carbocycles. The molecule has 0 saturated carbocycles. The molecule has 0 atom stereocenters. The molecule has 6 heteroatoms. The van der Waals surface area contributed by atoms with Gasteiger partial charge in [-0.25, -0.2) is 18.0 Å². The van der Waals surface area contributed by atoms with Crippen LogP contribution in [-0.2, 0) is 15.6 Å². The fourth-order valence-electron chi connectivity index (χ4n) is 3.42. The zero-order valence-electron chi connectivity index (χ0n) is 19.6. The molecule has 0 N–H and O–H groups in total. The maximum absolute atomic E-state index is 13.4. The second-order valence-electron chi connectivity index (χ2n) is 8.36. The average Bonchev–Trinajstić information content (AvgIpc) is 2.87. The molecule has 0 amide bonds. The van der Waals surface area contributed by atoms with E-state index in [0.29, 0.717) is 5.56 Å². The summed E-state index contributed by atoms with van der Waals surface area (Å²) in [7, 11) is -0.348. The number of rotatable bonds is 5. The van der Waals surface area contributed by atoms with Gasteiger partial charge in [0, 0.05) is 5.56 Å². The van der Waals surface area contributed by atoms with E-state index in [9.17, 15) is 18.0 Å². The van der Waals surface area contributed by atoms with E-state index < -0.39 is 29.0 Å². The van der Waals surface area contributed by atoms with E-state index in [4.69, 9.17) is 4.74 Å². The molecule has 0 fully saturated rings. The molecule has 0 aromatic heterocycles. The first-order valence-electron chi connectivity index (χ1n) is 11.1. The van der Waals surface area contributed by atoms with E-state index in [2.05, 4.69) is 36.1 Å². The summed E-state index contributed by atoms with van der Waals surface area (Å²) in [5, 5.41) is 0. The fraction of sp³-hybridized carbons (Fsp3) is 0.100. The highest BCUT2D eigenvalue weighted by Gasteiger charge is 2.29. The van der Waals surface area contributed by atoms with Crippen molar-refractivity contribution < 1.29 is 22.7 Å². The highest BCUT2D eigenvalue weighted by atomic mass is 32.2. The van der Waals surface area contributed by atoms with Crippen LogP contribution < -0.4 is 0 Å². The minimum absolute atomic E-state index is 0.0614. The molecule has 36 heavy (non-hydrogen) atoms. The number of halogens is 3. The van der Waals surface area contributed by atoms with Gasteiger partial charge in [0.25, 0.3) is 0 Å². The first-order chi connectivity index (χ1) is 17.2. The number of hydrogen-bond donors (Lipinski definition) is 0. The minimum Gasteiger partial charge on any atom is -0.443 e. The number of esters is 1. The standard InChI is InChI=1S/C30H22F3O2S/c1-30(2,18-17-21-19-26(31)28(33)27(32)20-21)35-29(34)22-13-15-25(16-14-22)36(23-9-5-3-6-10-23)24-11-7-4-8-12-24/h3-16,19-20H,1-2H3/q+1. The predicted octanol–water partition coefficient (Wildman–Crippen LogP) is 7.19. The lowest BCUT2D eigenvalue weighted by Gasteiger charge is -2.19. The number of hydrogen-bond acceptors (Lipinski definition) is 2. The third kappa shape index (κ3) is 5.99. The maximum Gasteiger partial charge on any atom is 0.339 e. The largest absolute Gasteiger partial charge is 0.443 e. The lowest BCUT2D eigenvalue weighted by atomic mass is 10.1. The zero-order chi connectivity index (χ0) is 25.7. The Morgan fingerprint density at radius 1 is 0.750 bits per heavy atom. The summed E-state index contributed by atoms with van der Waals surface area (Å²) in [5.74, 6) is 0.400. The summed E-state index contributed by atoms with van der Waals surface area (Å²) < 4.78 is 45.5. The van der Waals surface area contributed by atoms with Crippen LogP contribution in [-0.4, -0.2) is 11.6 Å². The zero-order valence-corrected chi connectivity index (χ0v) is 20.4. The van der Waals surface area contributed by atoms with Gasteiger partial charge in [0.1, 0.15) is 0 Å². The normalized spacial score (nSPS) is 11.1. The SMILES string of the molecule is CC(C)(C#Cc1cc(F)c(F)c(F)c1)OC(=O)c1ccc([S+](c2ccccc2)c2ccccc2)cc1. The number of ether oxygens (including phenoxy) is 1. The van der Waals surface area contributed by atoms with Gasteiger partial charge in [-0.3, -0.25) is 0 Å². The Morgan fingerprint density at radius 3 is 1.72 bits per heavy atom. The van der Waals surface area contributed by atoms with Crippen LogP contribution in [0.1, 0.15) is 29.8 Å². The van der Waals surface area contributed by atoms with Gasteiger partial charge in [-0.2, -0.15) is 0 Å². The molecule has 0 aliphatic rings. The second-order valence-corrected chi connectivity index (χ2v) is 10.4. The quantitative estimate of drug-likeness (QED) is 0.125. The molecule has 0 spiro atoms. The average molecular weight is 504 g/mol. The van der Waals surface area contributed by atoms with Crippen molar-refractivity contribution in [2.45, 2.75) is 34.1 Å². The lowest BCUT2D eigenvalue weighted by Crippen LogP contribution is -2.26. The molecule has 0 unspecified atom stereocenters. The molecule has 4 aromatic carbocycles. The lowest BCUT2D eigenvalue weighted by molar-refractivity contribution is 0.0204. The molecular formula is C30H22F3O2S+. The van der Waals surface area contributed by atoms with Gasteiger partial charge >= 0.3 is 5.97 Å². The van der Waals surface area contributed by atoms with Crippen molar-refractivity contribution in [1.82, 2.24) is 0 Å².